The number of nitrogens with zero attached hydrogens (tertiary/aromatic N) is 2. The number of H-pyrrole nitrogens is 1. The Labute approximate surface area is 150 Å². The molecule has 3 heterocycles. The van der Waals surface area contributed by atoms with Crippen molar-refractivity contribution < 1.29 is 4.79 Å². The number of carbonyl (C=O) groups excluding carboxylic acids is 1. The van der Waals surface area contributed by atoms with Gasteiger partial charge in [0.05, 0.1) is 0 Å². The monoisotopic (exact) mass is 339 g/mol. The lowest BCUT2D eigenvalue weighted by Gasteiger charge is -2.33. The molecule has 0 bridgehead atoms. The molecule has 2 atom stereocenters. The van der Waals surface area contributed by atoms with Crippen LogP contribution in [0.5, 0.6) is 0 Å². The number of para-hydroxylation sites is 1. The summed E-state index contributed by atoms with van der Waals surface area (Å²) in [6.45, 7) is 2.14. The minimum absolute atomic E-state index is 0.364. The molecule has 1 aromatic heterocycles. The van der Waals surface area contributed by atoms with Gasteiger partial charge in [0.15, 0.2) is 0 Å². The first-order valence-corrected chi connectivity index (χ1v) is 9.79. The Bertz CT molecular complexity index is 738. The number of likely N-dealkylation sites (tertiary alicyclic amines) is 2. The van der Waals surface area contributed by atoms with Gasteiger partial charge in [-0.3, -0.25) is 4.79 Å². The topological polar surface area (TPSA) is 39.3 Å². The number of carbonyl (C=O) groups is 1. The first-order valence-electron chi connectivity index (χ1n) is 9.79. The van der Waals surface area contributed by atoms with Gasteiger partial charge >= 0.3 is 0 Å². The highest BCUT2D eigenvalue weighted by Crippen LogP contribution is 2.29. The molecule has 0 radical (unpaired) electrons. The van der Waals surface area contributed by atoms with E-state index >= 15 is 0 Å². The lowest BCUT2D eigenvalue weighted by atomic mass is 10.0. The van der Waals surface area contributed by atoms with Gasteiger partial charge in [-0.05, 0) is 63.7 Å². The van der Waals surface area contributed by atoms with Crippen LogP contribution in [0.2, 0.25) is 0 Å². The Balaban J connectivity index is 1.34. The van der Waals surface area contributed by atoms with Crippen molar-refractivity contribution in [3.63, 3.8) is 0 Å². The maximum atomic E-state index is 12.8. The van der Waals surface area contributed by atoms with Crippen molar-refractivity contribution >= 4 is 16.8 Å². The number of nitrogens with one attached hydrogen (secondary N) is 1. The van der Waals surface area contributed by atoms with E-state index in [-0.39, 0.29) is 0 Å². The van der Waals surface area contributed by atoms with Gasteiger partial charge in [-0.2, -0.15) is 0 Å². The molecule has 4 nitrogen and oxygen atoms in total. The summed E-state index contributed by atoms with van der Waals surface area (Å²) in [5.74, 6) is 0.364. The van der Waals surface area contributed by atoms with Gasteiger partial charge in [0.1, 0.15) is 0 Å². The predicted octanol–water partition coefficient (Wildman–Crippen LogP) is 3.58. The van der Waals surface area contributed by atoms with Crippen LogP contribution in [0.1, 0.15) is 44.1 Å². The summed E-state index contributed by atoms with van der Waals surface area (Å²) in [6.07, 6.45) is 9.56. The Kier molecular flexibility index (Phi) is 4.80. The zero-order valence-corrected chi connectivity index (χ0v) is 15.2. The number of hydrogen-bond donors (Lipinski definition) is 1. The van der Waals surface area contributed by atoms with Crippen molar-refractivity contribution in [2.75, 3.05) is 20.1 Å². The molecule has 0 unspecified atom stereocenters. The summed E-state index contributed by atoms with van der Waals surface area (Å²) in [6, 6.07) is 9.44. The summed E-state index contributed by atoms with van der Waals surface area (Å²) in [5.41, 5.74) is 2.52. The Morgan fingerprint density at radius 1 is 1.16 bits per heavy atom. The summed E-state index contributed by atoms with van der Waals surface area (Å²) >= 11 is 0. The lowest BCUT2D eigenvalue weighted by molar-refractivity contribution is -0.133. The number of amides is 1. The molecule has 0 aliphatic carbocycles. The number of aromatic amines is 1. The molecule has 2 aliphatic rings. The fourth-order valence-electron chi connectivity index (χ4n) is 4.84. The number of aromatic nitrogens is 1. The highest BCUT2D eigenvalue weighted by atomic mass is 16.2. The van der Waals surface area contributed by atoms with Crippen molar-refractivity contribution in [3.05, 3.63) is 36.0 Å². The number of aryl methyl sites for hydroxylation is 1. The smallest absolute Gasteiger partial charge is 0.222 e. The van der Waals surface area contributed by atoms with Gasteiger partial charge in [-0.25, -0.2) is 0 Å². The predicted molar refractivity (Wildman–Crippen MR) is 102 cm³/mol. The zero-order chi connectivity index (χ0) is 17.2. The first kappa shape index (κ1) is 16.6. The summed E-state index contributed by atoms with van der Waals surface area (Å²) in [5, 5.41) is 1.29. The molecule has 4 rings (SSSR count). The van der Waals surface area contributed by atoms with Crippen LogP contribution >= 0.6 is 0 Å². The van der Waals surface area contributed by atoms with E-state index in [0.29, 0.717) is 24.4 Å². The van der Waals surface area contributed by atoms with Crippen LogP contribution in [0.15, 0.2) is 30.5 Å². The van der Waals surface area contributed by atoms with Gasteiger partial charge in [0, 0.05) is 42.1 Å². The Morgan fingerprint density at radius 3 is 2.80 bits per heavy atom. The van der Waals surface area contributed by atoms with Gasteiger partial charge in [-0.1, -0.05) is 18.2 Å². The average Bonchev–Trinajstić information content (AvgIpc) is 3.34. The quantitative estimate of drug-likeness (QED) is 0.904. The molecule has 2 saturated heterocycles. The zero-order valence-electron chi connectivity index (χ0n) is 15.2. The average molecular weight is 339 g/mol. The van der Waals surface area contributed by atoms with Gasteiger partial charge in [-0.15, -0.1) is 0 Å². The fraction of sp³-hybridized carbons (Fsp3) is 0.571. The molecule has 0 spiro atoms. The van der Waals surface area contributed by atoms with Crippen LogP contribution in [-0.2, 0) is 11.2 Å². The molecule has 2 aromatic rings. The van der Waals surface area contributed by atoms with Crippen molar-refractivity contribution in [1.82, 2.24) is 14.8 Å². The third-order valence-corrected chi connectivity index (χ3v) is 6.15. The summed E-state index contributed by atoms with van der Waals surface area (Å²) in [4.78, 5) is 20.8. The summed E-state index contributed by atoms with van der Waals surface area (Å²) < 4.78 is 0. The van der Waals surface area contributed by atoms with Crippen molar-refractivity contribution in [1.29, 1.82) is 0 Å². The normalized spacial score (nSPS) is 24.4. The molecule has 134 valence electrons. The molecular weight excluding hydrogens is 310 g/mol. The van der Waals surface area contributed by atoms with E-state index in [9.17, 15) is 4.79 Å². The second-order valence-electron chi connectivity index (χ2n) is 7.70. The standard InChI is InChI=1S/C21H29N3O/c1-23-13-5-10-19(23)20-11-6-14-24(20)21(25)12-4-7-16-15-22-18-9-3-2-8-17(16)18/h2-3,8-9,15,19-20,22H,4-7,10-14H2,1H3/t19-,20+/m0/s1. The van der Waals surface area contributed by atoms with Gasteiger partial charge < -0.3 is 14.8 Å². The van der Waals surface area contributed by atoms with E-state index in [2.05, 4.69) is 52.3 Å². The number of fused-ring (bicyclic) bond motifs is 1. The largest absolute Gasteiger partial charge is 0.361 e. The molecule has 1 amide bonds. The van der Waals surface area contributed by atoms with Crippen molar-refractivity contribution in [2.24, 2.45) is 0 Å². The lowest BCUT2D eigenvalue weighted by Crippen LogP contribution is -2.47. The summed E-state index contributed by atoms with van der Waals surface area (Å²) in [7, 11) is 2.22. The molecule has 4 heteroatoms. The van der Waals surface area contributed by atoms with E-state index < -0.39 is 0 Å². The fourth-order valence-corrected chi connectivity index (χ4v) is 4.84. The SMILES string of the molecule is CN1CCC[C@H]1[C@H]1CCCN1C(=O)CCCc1c[nH]c2ccccc12. The minimum Gasteiger partial charge on any atom is -0.361 e. The number of benzene rings is 1. The van der Waals surface area contributed by atoms with Crippen LogP contribution in [0.4, 0.5) is 0 Å². The van der Waals surface area contributed by atoms with E-state index in [1.165, 1.54) is 48.7 Å². The van der Waals surface area contributed by atoms with E-state index in [0.717, 1.165) is 19.4 Å². The molecule has 1 N–H and O–H groups in total. The van der Waals surface area contributed by atoms with Crippen molar-refractivity contribution in [3.8, 4) is 0 Å². The van der Waals surface area contributed by atoms with Crippen molar-refractivity contribution in [2.45, 2.75) is 57.0 Å². The number of hydrogen-bond acceptors (Lipinski definition) is 2. The molecule has 25 heavy (non-hydrogen) atoms. The highest BCUT2D eigenvalue weighted by molar-refractivity contribution is 5.83. The number of rotatable bonds is 5. The molecule has 0 saturated carbocycles. The highest BCUT2D eigenvalue weighted by Gasteiger charge is 2.37. The van der Waals surface area contributed by atoms with Gasteiger partial charge in [0.2, 0.25) is 5.91 Å². The molecule has 2 fully saturated rings. The van der Waals surface area contributed by atoms with E-state index in [4.69, 9.17) is 0 Å². The number of likely N-dealkylation sites (N-methyl/N-ethyl adjacent to an activating group) is 1. The van der Waals surface area contributed by atoms with E-state index in [1.54, 1.807) is 0 Å². The Morgan fingerprint density at radius 2 is 1.96 bits per heavy atom. The van der Waals surface area contributed by atoms with Crippen LogP contribution in [0, 0.1) is 0 Å². The first-order chi connectivity index (χ1) is 12.2. The van der Waals surface area contributed by atoms with Crippen LogP contribution in [-0.4, -0.2) is 52.9 Å². The molecular formula is C21H29N3O. The second kappa shape index (κ2) is 7.20. The molecule has 2 aliphatic heterocycles. The Hall–Kier alpha value is -1.81. The van der Waals surface area contributed by atoms with E-state index in [1.807, 2.05) is 0 Å². The van der Waals surface area contributed by atoms with Crippen LogP contribution in [0.25, 0.3) is 10.9 Å². The minimum atomic E-state index is 0.364. The maximum absolute atomic E-state index is 12.8. The maximum Gasteiger partial charge on any atom is 0.222 e. The third-order valence-electron chi connectivity index (χ3n) is 6.15. The van der Waals surface area contributed by atoms with Crippen LogP contribution < -0.4 is 0 Å². The van der Waals surface area contributed by atoms with Crippen LogP contribution in [0.3, 0.4) is 0 Å². The molecule has 1 aromatic carbocycles. The van der Waals surface area contributed by atoms with Gasteiger partial charge in [0.25, 0.3) is 0 Å². The third kappa shape index (κ3) is 3.32. The second-order valence-corrected chi connectivity index (χ2v) is 7.70.